The molecule has 8 heteroatoms. The van der Waals surface area contributed by atoms with Gasteiger partial charge in [-0.05, 0) is 29.3 Å². The van der Waals surface area contributed by atoms with Gasteiger partial charge in [-0.2, -0.15) is 4.98 Å². The zero-order valence-corrected chi connectivity index (χ0v) is 19.3. The van der Waals surface area contributed by atoms with Gasteiger partial charge in [-0.15, -0.1) is 0 Å². The fraction of sp³-hybridized carbons (Fsp3) is 0.280. The summed E-state index contributed by atoms with van der Waals surface area (Å²) in [7, 11) is 1.48. The van der Waals surface area contributed by atoms with Crippen molar-refractivity contribution in [1.82, 2.24) is 4.98 Å². The number of hydrogen-bond acceptors (Lipinski definition) is 6. The second-order valence-electron chi connectivity index (χ2n) is 8.41. The van der Waals surface area contributed by atoms with Crippen molar-refractivity contribution in [2.24, 2.45) is 5.92 Å². The SMILES string of the molecule is COc1ccc2c(n1)O[C@@]1(c3ccc(Br)cc3)[C@H](c3ccccc3)[C@@H](CC(=O)O)[C@@H](O)[C@@]21O. The molecule has 0 spiro atoms. The summed E-state index contributed by atoms with van der Waals surface area (Å²) in [6, 6.07) is 19.7. The Morgan fingerprint density at radius 2 is 1.82 bits per heavy atom. The number of benzene rings is 2. The molecule has 170 valence electrons. The number of aliphatic carboxylic acids is 1. The van der Waals surface area contributed by atoms with Gasteiger partial charge in [-0.1, -0.05) is 58.4 Å². The fourth-order valence-electron chi connectivity index (χ4n) is 5.54. The van der Waals surface area contributed by atoms with Crippen LogP contribution in [0.4, 0.5) is 0 Å². The summed E-state index contributed by atoms with van der Waals surface area (Å²) in [4.78, 5) is 16.2. The van der Waals surface area contributed by atoms with E-state index in [-0.39, 0.29) is 12.3 Å². The maximum atomic E-state index is 12.3. The van der Waals surface area contributed by atoms with Crippen molar-refractivity contribution in [2.45, 2.75) is 29.6 Å². The standard InChI is InChI=1S/C25H22BrNO6/c1-32-19-12-11-18-23(27-19)33-25(15-7-9-16(26)10-8-15)21(14-5-3-2-4-6-14)17(13-20(28)29)22(30)24(18,25)31/h2-12,17,21-22,30-31H,13H2,1H3,(H,28,29)/t17-,21-,22-,24+,25+/m1/s1. The summed E-state index contributed by atoms with van der Waals surface area (Å²) in [6.45, 7) is 0. The third-order valence-electron chi connectivity index (χ3n) is 6.82. The van der Waals surface area contributed by atoms with E-state index in [4.69, 9.17) is 9.47 Å². The first-order chi connectivity index (χ1) is 15.8. The average molecular weight is 512 g/mol. The van der Waals surface area contributed by atoms with Gasteiger partial charge in [0.05, 0.1) is 25.2 Å². The summed E-state index contributed by atoms with van der Waals surface area (Å²) in [5.41, 5.74) is -1.81. The van der Waals surface area contributed by atoms with Crippen LogP contribution in [0.3, 0.4) is 0 Å². The molecule has 33 heavy (non-hydrogen) atoms. The molecule has 0 radical (unpaired) electrons. The molecule has 2 aromatic carbocycles. The van der Waals surface area contributed by atoms with Crippen molar-refractivity contribution in [1.29, 1.82) is 0 Å². The molecule has 1 aliphatic carbocycles. The quantitative estimate of drug-likeness (QED) is 0.480. The van der Waals surface area contributed by atoms with Crippen LogP contribution in [0.2, 0.25) is 0 Å². The van der Waals surface area contributed by atoms with Crippen molar-refractivity contribution in [3.05, 3.63) is 87.9 Å². The first kappa shape index (κ1) is 21.9. The van der Waals surface area contributed by atoms with Crippen molar-refractivity contribution in [2.75, 3.05) is 7.11 Å². The van der Waals surface area contributed by atoms with Gasteiger partial charge in [-0.3, -0.25) is 4.79 Å². The minimum atomic E-state index is -1.95. The number of fused-ring (bicyclic) bond motifs is 3. The van der Waals surface area contributed by atoms with Crippen molar-refractivity contribution in [3.63, 3.8) is 0 Å². The van der Waals surface area contributed by atoms with E-state index in [0.29, 0.717) is 17.0 Å². The number of aromatic nitrogens is 1. The van der Waals surface area contributed by atoms with Crippen LogP contribution in [-0.2, 0) is 16.0 Å². The average Bonchev–Trinajstić information content (AvgIpc) is 3.17. The van der Waals surface area contributed by atoms with Gasteiger partial charge >= 0.3 is 5.97 Å². The number of aliphatic hydroxyl groups is 2. The molecule has 5 atom stereocenters. The topological polar surface area (TPSA) is 109 Å². The maximum Gasteiger partial charge on any atom is 0.303 e. The van der Waals surface area contributed by atoms with Crippen LogP contribution in [0.5, 0.6) is 11.8 Å². The lowest BCUT2D eigenvalue weighted by Crippen LogP contribution is -2.52. The molecule has 0 bridgehead atoms. The van der Waals surface area contributed by atoms with Crippen LogP contribution in [0, 0.1) is 5.92 Å². The van der Waals surface area contributed by atoms with E-state index in [1.807, 2.05) is 54.6 Å². The molecular weight excluding hydrogens is 490 g/mol. The van der Waals surface area contributed by atoms with E-state index in [9.17, 15) is 20.1 Å². The molecule has 1 aromatic heterocycles. The molecular formula is C25H22BrNO6. The van der Waals surface area contributed by atoms with Gasteiger partial charge in [0.15, 0.2) is 11.2 Å². The number of carbonyl (C=O) groups is 1. The zero-order chi connectivity index (χ0) is 23.4. The molecule has 0 unspecified atom stereocenters. The Balaban J connectivity index is 1.83. The normalized spacial score (nSPS) is 29.8. The fourth-order valence-corrected chi connectivity index (χ4v) is 5.80. The van der Waals surface area contributed by atoms with E-state index >= 15 is 0 Å². The monoisotopic (exact) mass is 511 g/mol. The van der Waals surface area contributed by atoms with Crippen molar-refractivity contribution in [3.8, 4) is 11.8 Å². The summed E-state index contributed by atoms with van der Waals surface area (Å²) < 4.78 is 12.6. The van der Waals surface area contributed by atoms with Gasteiger partial charge in [-0.25, -0.2) is 0 Å². The van der Waals surface area contributed by atoms with Gasteiger partial charge in [0.25, 0.3) is 0 Å². The Hall–Kier alpha value is -2.94. The number of carboxylic acid groups (broad SMARTS) is 1. The molecule has 0 amide bonds. The number of carboxylic acids is 1. The van der Waals surface area contributed by atoms with Crippen LogP contribution in [0.25, 0.3) is 0 Å². The second-order valence-corrected chi connectivity index (χ2v) is 9.33. The highest BCUT2D eigenvalue weighted by Gasteiger charge is 2.76. The molecule has 5 rings (SSSR count). The number of nitrogens with zero attached hydrogens (tertiary/aromatic N) is 1. The van der Waals surface area contributed by atoms with Gasteiger partial charge in [0.1, 0.15) is 0 Å². The van der Waals surface area contributed by atoms with E-state index in [2.05, 4.69) is 20.9 Å². The van der Waals surface area contributed by atoms with Gasteiger partial charge in [0.2, 0.25) is 11.8 Å². The Morgan fingerprint density at radius 1 is 1.12 bits per heavy atom. The predicted molar refractivity (Wildman–Crippen MR) is 122 cm³/mol. The maximum absolute atomic E-state index is 12.3. The van der Waals surface area contributed by atoms with Crippen LogP contribution >= 0.6 is 15.9 Å². The number of methoxy groups -OCH3 is 1. The lowest BCUT2D eigenvalue weighted by molar-refractivity contribution is -0.153. The third-order valence-corrected chi connectivity index (χ3v) is 7.35. The minimum Gasteiger partial charge on any atom is -0.481 e. The van der Waals surface area contributed by atoms with E-state index in [0.717, 1.165) is 10.0 Å². The first-order valence-corrected chi connectivity index (χ1v) is 11.3. The minimum absolute atomic E-state index is 0.147. The number of ether oxygens (including phenoxy) is 2. The summed E-state index contributed by atoms with van der Waals surface area (Å²) >= 11 is 3.44. The number of aliphatic hydroxyl groups excluding tert-OH is 1. The van der Waals surface area contributed by atoms with E-state index in [1.54, 1.807) is 12.1 Å². The molecule has 1 aliphatic heterocycles. The molecule has 1 saturated carbocycles. The second kappa shape index (κ2) is 7.83. The highest BCUT2D eigenvalue weighted by atomic mass is 79.9. The third kappa shape index (κ3) is 3.01. The number of pyridine rings is 1. The van der Waals surface area contributed by atoms with Gasteiger partial charge < -0.3 is 24.8 Å². The van der Waals surface area contributed by atoms with Crippen molar-refractivity contribution < 1.29 is 29.6 Å². The zero-order valence-electron chi connectivity index (χ0n) is 17.7. The molecule has 2 heterocycles. The summed E-state index contributed by atoms with van der Waals surface area (Å²) in [5.74, 6) is -2.13. The van der Waals surface area contributed by atoms with Crippen LogP contribution in [-0.4, -0.2) is 39.5 Å². The lowest BCUT2D eigenvalue weighted by Gasteiger charge is -2.40. The molecule has 3 N–H and O–H groups in total. The highest BCUT2D eigenvalue weighted by Crippen LogP contribution is 2.68. The smallest absolute Gasteiger partial charge is 0.303 e. The Labute approximate surface area is 198 Å². The highest BCUT2D eigenvalue weighted by molar-refractivity contribution is 9.10. The molecule has 1 fully saturated rings. The Bertz CT molecular complexity index is 1200. The van der Waals surface area contributed by atoms with Crippen LogP contribution < -0.4 is 9.47 Å². The molecule has 7 nitrogen and oxygen atoms in total. The van der Waals surface area contributed by atoms with Gasteiger partial charge in [0, 0.05) is 22.4 Å². The van der Waals surface area contributed by atoms with Crippen LogP contribution in [0.15, 0.2) is 71.2 Å². The summed E-state index contributed by atoms with van der Waals surface area (Å²) in [6.07, 6.45) is -1.78. The molecule has 3 aromatic rings. The van der Waals surface area contributed by atoms with E-state index in [1.165, 1.54) is 7.11 Å². The Kier molecular flexibility index (Phi) is 5.19. The summed E-state index contributed by atoms with van der Waals surface area (Å²) in [5, 5.41) is 33.6. The predicted octanol–water partition coefficient (Wildman–Crippen LogP) is 3.58. The van der Waals surface area contributed by atoms with Crippen LogP contribution in [0.1, 0.15) is 29.0 Å². The molecule has 2 aliphatic rings. The van der Waals surface area contributed by atoms with Crippen molar-refractivity contribution >= 4 is 21.9 Å². The largest absolute Gasteiger partial charge is 0.481 e. The number of rotatable bonds is 5. The number of halogens is 1. The number of hydrogen-bond donors (Lipinski definition) is 3. The lowest BCUT2D eigenvalue weighted by atomic mass is 9.70. The van der Waals surface area contributed by atoms with E-state index < -0.39 is 35.1 Å². The molecule has 0 saturated heterocycles. The Morgan fingerprint density at radius 3 is 2.45 bits per heavy atom. The first-order valence-electron chi connectivity index (χ1n) is 10.5.